The predicted octanol–water partition coefficient (Wildman–Crippen LogP) is 2.91. The molecule has 0 aliphatic carbocycles. The van der Waals surface area contributed by atoms with Crippen molar-refractivity contribution in [1.29, 1.82) is 0 Å². The third-order valence-electron chi connectivity index (χ3n) is 3.21. The topological polar surface area (TPSA) is 68.5 Å². The van der Waals surface area contributed by atoms with Crippen molar-refractivity contribution in [3.63, 3.8) is 0 Å². The monoisotopic (exact) mass is 288 g/mol. The lowest BCUT2D eigenvalue weighted by atomic mass is 10.3. The summed E-state index contributed by atoms with van der Waals surface area (Å²) < 4.78 is 1.74. The molecule has 106 valence electrons. The highest BCUT2D eigenvalue weighted by atomic mass is 15.4. The molecular formula is C16H12N6. The Morgan fingerprint density at radius 3 is 2.36 bits per heavy atom. The van der Waals surface area contributed by atoms with E-state index in [1.54, 1.807) is 10.9 Å². The molecule has 2 aromatic carbocycles. The van der Waals surface area contributed by atoms with Gasteiger partial charge in [0, 0.05) is 5.69 Å². The van der Waals surface area contributed by atoms with Crippen molar-refractivity contribution in [2.24, 2.45) is 0 Å². The summed E-state index contributed by atoms with van der Waals surface area (Å²) in [5.41, 5.74) is 2.53. The molecule has 6 nitrogen and oxygen atoms in total. The van der Waals surface area contributed by atoms with Gasteiger partial charge in [-0.2, -0.15) is 5.10 Å². The fourth-order valence-electron chi connectivity index (χ4n) is 2.21. The van der Waals surface area contributed by atoms with E-state index in [1.165, 1.54) is 0 Å². The number of rotatable bonds is 3. The van der Waals surface area contributed by atoms with E-state index in [1.807, 2.05) is 60.7 Å². The summed E-state index contributed by atoms with van der Waals surface area (Å²) >= 11 is 0. The lowest BCUT2D eigenvalue weighted by Crippen LogP contribution is -2.11. The minimum atomic E-state index is 0.498. The van der Waals surface area contributed by atoms with Gasteiger partial charge in [0.25, 0.3) is 0 Å². The first kappa shape index (κ1) is 12.5. The first-order valence-corrected chi connectivity index (χ1v) is 6.86. The third-order valence-corrected chi connectivity index (χ3v) is 3.21. The number of nitrogens with zero attached hydrogens (tertiary/aromatic N) is 5. The number of para-hydroxylation sites is 2. The van der Waals surface area contributed by atoms with E-state index in [2.05, 4.69) is 25.6 Å². The Morgan fingerprint density at radius 1 is 0.864 bits per heavy atom. The third kappa shape index (κ3) is 2.26. The average molecular weight is 288 g/mol. The second-order valence-corrected chi connectivity index (χ2v) is 4.73. The first-order chi connectivity index (χ1) is 10.9. The molecule has 2 aliphatic heterocycles. The Labute approximate surface area is 126 Å². The molecule has 0 amide bonds. The van der Waals surface area contributed by atoms with Gasteiger partial charge in [-0.05, 0) is 24.3 Å². The molecule has 0 saturated carbocycles. The molecule has 0 fully saturated rings. The molecular weight excluding hydrogens is 276 g/mol. The summed E-state index contributed by atoms with van der Waals surface area (Å²) in [5, 5.41) is 15.8. The molecule has 0 unspecified atom stereocenters. The van der Waals surface area contributed by atoms with Gasteiger partial charge in [0.05, 0.1) is 11.9 Å². The minimum Gasteiger partial charge on any atom is -0.323 e. The van der Waals surface area contributed by atoms with Crippen LogP contribution in [-0.4, -0.2) is 25.0 Å². The Balaban J connectivity index is 1.82. The summed E-state index contributed by atoms with van der Waals surface area (Å²) in [6.07, 6.45) is 1.63. The second kappa shape index (κ2) is 5.25. The SMILES string of the molecule is c1ccc(Nc2nc3cnnc-3n(-c3ccccc3)n2)cc1. The number of nitrogens with one attached hydrogen (secondary N) is 1. The summed E-state index contributed by atoms with van der Waals surface area (Å²) in [5.74, 6) is 1.13. The Morgan fingerprint density at radius 2 is 1.59 bits per heavy atom. The van der Waals surface area contributed by atoms with Crippen molar-refractivity contribution in [2.45, 2.75) is 0 Å². The normalized spacial score (nSPS) is 10.7. The van der Waals surface area contributed by atoms with E-state index in [-0.39, 0.29) is 0 Å². The molecule has 0 radical (unpaired) electrons. The predicted molar refractivity (Wildman–Crippen MR) is 83.3 cm³/mol. The first-order valence-electron chi connectivity index (χ1n) is 6.86. The number of benzene rings is 2. The van der Waals surface area contributed by atoms with Crippen LogP contribution < -0.4 is 5.32 Å². The molecule has 0 spiro atoms. The number of aromatic nitrogens is 5. The van der Waals surface area contributed by atoms with E-state index < -0.39 is 0 Å². The van der Waals surface area contributed by atoms with Gasteiger partial charge in [-0.15, -0.1) is 10.2 Å². The second-order valence-electron chi connectivity index (χ2n) is 4.73. The van der Waals surface area contributed by atoms with Crippen LogP contribution in [0.15, 0.2) is 66.9 Å². The van der Waals surface area contributed by atoms with Crippen molar-refractivity contribution < 1.29 is 0 Å². The molecule has 2 aromatic rings. The van der Waals surface area contributed by atoms with Crippen LogP contribution in [-0.2, 0) is 0 Å². The standard InChI is InChI=1S/C16H12N6/c1-3-7-12(8-4-1)18-16-19-14-11-17-20-15(14)22(21-16)13-9-5-2-6-10-13/h1-11H,(H,18,21). The van der Waals surface area contributed by atoms with Gasteiger partial charge in [0.1, 0.15) is 5.69 Å². The van der Waals surface area contributed by atoms with E-state index in [4.69, 9.17) is 0 Å². The Hall–Kier alpha value is -3.28. The number of fused-ring (bicyclic) bond motifs is 1. The lowest BCUT2D eigenvalue weighted by molar-refractivity contribution is 0.806. The van der Waals surface area contributed by atoms with Gasteiger partial charge in [0.15, 0.2) is 0 Å². The van der Waals surface area contributed by atoms with E-state index >= 15 is 0 Å². The van der Waals surface area contributed by atoms with Gasteiger partial charge >= 0.3 is 0 Å². The van der Waals surface area contributed by atoms with Crippen molar-refractivity contribution in [3.8, 4) is 17.2 Å². The molecule has 0 atom stereocenters. The summed E-state index contributed by atoms with van der Waals surface area (Å²) in [4.78, 5) is 4.45. The zero-order valence-electron chi connectivity index (χ0n) is 11.6. The van der Waals surface area contributed by atoms with Crippen molar-refractivity contribution >= 4 is 11.6 Å². The molecule has 1 N–H and O–H groups in total. The van der Waals surface area contributed by atoms with Gasteiger partial charge in [-0.3, -0.25) is 0 Å². The summed E-state index contributed by atoms with van der Waals surface area (Å²) in [6, 6.07) is 19.6. The van der Waals surface area contributed by atoms with Crippen molar-refractivity contribution in [3.05, 3.63) is 66.9 Å². The van der Waals surface area contributed by atoms with Crippen LogP contribution in [0.3, 0.4) is 0 Å². The van der Waals surface area contributed by atoms with Crippen LogP contribution in [0.1, 0.15) is 0 Å². The van der Waals surface area contributed by atoms with Crippen LogP contribution >= 0.6 is 0 Å². The Bertz CT molecular complexity index is 856. The maximum Gasteiger partial charge on any atom is 0.246 e. The molecule has 4 rings (SSSR count). The van der Waals surface area contributed by atoms with E-state index in [0.29, 0.717) is 17.5 Å². The Kier molecular flexibility index (Phi) is 2.97. The van der Waals surface area contributed by atoms with Gasteiger partial charge in [-0.1, -0.05) is 36.4 Å². The molecule has 2 heterocycles. The largest absolute Gasteiger partial charge is 0.323 e. The highest BCUT2D eigenvalue weighted by Gasteiger charge is 2.16. The van der Waals surface area contributed by atoms with E-state index in [9.17, 15) is 0 Å². The number of hydrogen-bond donors (Lipinski definition) is 1. The lowest BCUT2D eigenvalue weighted by Gasteiger charge is -2.12. The quantitative estimate of drug-likeness (QED) is 0.627. The fourth-order valence-corrected chi connectivity index (χ4v) is 2.21. The molecule has 0 bridgehead atoms. The highest BCUT2D eigenvalue weighted by molar-refractivity contribution is 5.59. The van der Waals surface area contributed by atoms with Crippen LogP contribution in [0.2, 0.25) is 0 Å². The molecule has 22 heavy (non-hydrogen) atoms. The number of anilines is 2. The van der Waals surface area contributed by atoms with Crippen molar-refractivity contribution in [2.75, 3.05) is 5.32 Å². The average Bonchev–Trinajstić information content (AvgIpc) is 3.04. The maximum atomic E-state index is 4.53. The van der Waals surface area contributed by atoms with Gasteiger partial charge in [-0.25, -0.2) is 9.67 Å². The summed E-state index contributed by atoms with van der Waals surface area (Å²) in [6.45, 7) is 0. The zero-order chi connectivity index (χ0) is 14.8. The zero-order valence-corrected chi connectivity index (χ0v) is 11.6. The minimum absolute atomic E-state index is 0.498. The van der Waals surface area contributed by atoms with Crippen LogP contribution in [0.4, 0.5) is 11.6 Å². The molecule has 2 aliphatic rings. The molecule has 0 aromatic heterocycles. The summed E-state index contributed by atoms with van der Waals surface area (Å²) in [7, 11) is 0. The van der Waals surface area contributed by atoms with Gasteiger partial charge in [0.2, 0.25) is 11.8 Å². The smallest absolute Gasteiger partial charge is 0.246 e. The van der Waals surface area contributed by atoms with E-state index in [0.717, 1.165) is 11.4 Å². The fraction of sp³-hybridized carbons (Fsp3) is 0. The maximum absolute atomic E-state index is 4.53. The van der Waals surface area contributed by atoms with Crippen molar-refractivity contribution in [1.82, 2.24) is 25.0 Å². The van der Waals surface area contributed by atoms with Crippen LogP contribution in [0.25, 0.3) is 17.2 Å². The van der Waals surface area contributed by atoms with Crippen LogP contribution in [0, 0.1) is 0 Å². The molecule has 6 heteroatoms. The number of hydrogen-bond acceptors (Lipinski definition) is 5. The van der Waals surface area contributed by atoms with Gasteiger partial charge < -0.3 is 5.32 Å². The van der Waals surface area contributed by atoms with Crippen LogP contribution in [0.5, 0.6) is 0 Å². The molecule has 0 saturated heterocycles. The highest BCUT2D eigenvalue weighted by Crippen LogP contribution is 2.22.